The second kappa shape index (κ2) is 6.78. The summed E-state index contributed by atoms with van der Waals surface area (Å²) < 4.78 is 27.5. The molecule has 1 heterocycles. The minimum Gasteiger partial charge on any atom is -0.479 e. The number of hydrogen-bond acceptors (Lipinski definition) is 4. The van der Waals surface area contributed by atoms with Crippen molar-refractivity contribution in [1.29, 1.82) is 0 Å². The quantitative estimate of drug-likeness (QED) is 0.885. The number of aromatic nitrogens is 2. The molecule has 1 aliphatic rings. The molecule has 8 heteroatoms. The molecule has 26 heavy (non-hydrogen) atoms. The van der Waals surface area contributed by atoms with Crippen molar-refractivity contribution in [2.75, 3.05) is 7.05 Å². The highest BCUT2D eigenvalue weighted by atomic mass is 19.1. The minimum atomic E-state index is -1.68. The molecule has 1 fully saturated rings. The summed E-state index contributed by atoms with van der Waals surface area (Å²) in [6, 6.07) is 0.810. The van der Waals surface area contributed by atoms with Crippen molar-refractivity contribution in [3.05, 3.63) is 58.7 Å². The fraction of sp³-hybridized carbons (Fsp3) is 0.333. The summed E-state index contributed by atoms with van der Waals surface area (Å²) in [5, 5.41) is 9.49. The van der Waals surface area contributed by atoms with Crippen LogP contribution in [0.25, 0.3) is 0 Å². The van der Waals surface area contributed by atoms with Crippen molar-refractivity contribution in [3.63, 3.8) is 0 Å². The maximum absolute atomic E-state index is 14.0. The molecule has 0 radical (unpaired) electrons. The average molecular weight is 361 g/mol. The van der Waals surface area contributed by atoms with Crippen LogP contribution in [0.2, 0.25) is 0 Å². The van der Waals surface area contributed by atoms with E-state index in [0.717, 1.165) is 35.9 Å². The van der Waals surface area contributed by atoms with E-state index in [-0.39, 0.29) is 5.56 Å². The third kappa shape index (κ3) is 3.40. The normalized spacial score (nSPS) is 14.8. The predicted molar refractivity (Wildman–Crippen MR) is 87.6 cm³/mol. The average Bonchev–Trinajstić information content (AvgIpc) is 3.42. The number of hydrogen-bond donors (Lipinski definition) is 1. The van der Waals surface area contributed by atoms with Crippen LogP contribution < -0.4 is 0 Å². The topological polar surface area (TPSA) is 83.4 Å². The zero-order valence-electron chi connectivity index (χ0n) is 14.2. The molecule has 1 aromatic heterocycles. The molecule has 1 amide bonds. The van der Waals surface area contributed by atoms with E-state index in [0.29, 0.717) is 17.4 Å². The Bertz CT molecular complexity index is 884. The van der Waals surface area contributed by atoms with Gasteiger partial charge in [0.05, 0.1) is 11.3 Å². The standard InChI is InChI=1S/C18H17F2N3O3/c1-9-13(8-21-16(22-9)10-3-4-10)17(24)23(2)15(18(25)26)12-7-11(19)5-6-14(12)20/h5-8,10,15H,3-4H2,1-2H3,(H,25,26). The highest BCUT2D eigenvalue weighted by molar-refractivity contribution is 5.97. The van der Waals surface area contributed by atoms with Gasteiger partial charge >= 0.3 is 5.97 Å². The van der Waals surface area contributed by atoms with Crippen LogP contribution in [0.15, 0.2) is 24.4 Å². The van der Waals surface area contributed by atoms with Crippen LogP contribution in [0.3, 0.4) is 0 Å². The summed E-state index contributed by atoms with van der Waals surface area (Å²) in [4.78, 5) is 33.7. The Balaban J connectivity index is 1.94. The number of carbonyl (C=O) groups excluding carboxylic acids is 1. The third-order valence-electron chi connectivity index (χ3n) is 4.37. The van der Waals surface area contributed by atoms with E-state index >= 15 is 0 Å². The summed E-state index contributed by atoms with van der Waals surface area (Å²) in [7, 11) is 1.22. The Morgan fingerprint density at radius 3 is 2.58 bits per heavy atom. The number of carbonyl (C=O) groups is 2. The van der Waals surface area contributed by atoms with Crippen LogP contribution in [0, 0.1) is 18.6 Å². The molecule has 1 atom stereocenters. The SMILES string of the molecule is Cc1nc(C2CC2)ncc1C(=O)N(C)C(C(=O)O)c1cc(F)ccc1F. The Morgan fingerprint density at radius 2 is 2.00 bits per heavy atom. The van der Waals surface area contributed by atoms with Gasteiger partial charge in [-0.1, -0.05) is 0 Å². The fourth-order valence-corrected chi connectivity index (χ4v) is 2.77. The molecule has 1 N–H and O–H groups in total. The first-order chi connectivity index (χ1) is 12.3. The van der Waals surface area contributed by atoms with Crippen LogP contribution >= 0.6 is 0 Å². The molecule has 3 rings (SSSR count). The number of rotatable bonds is 5. The van der Waals surface area contributed by atoms with Gasteiger partial charge in [0.25, 0.3) is 5.91 Å². The number of aryl methyl sites for hydroxylation is 1. The van der Waals surface area contributed by atoms with Crippen molar-refractivity contribution in [3.8, 4) is 0 Å². The number of aliphatic carboxylic acids is 1. The molecule has 1 unspecified atom stereocenters. The molecular weight excluding hydrogens is 344 g/mol. The molecule has 0 spiro atoms. The molecule has 1 saturated carbocycles. The summed E-state index contributed by atoms with van der Waals surface area (Å²) in [6.07, 6.45) is 3.37. The van der Waals surface area contributed by atoms with Gasteiger partial charge in [0.2, 0.25) is 0 Å². The molecule has 2 aromatic rings. The lowest BCUT2D eigenvalue weighted by Gasteiger charge is -2.26. The lowest BCUT2D eigenvalue weighted by molar-refractivity contribution is -0.142. The van der Waals surface area contributed by atoms with Gasteiger partial charge in [0.15, 0.2) is 6.04 Å². The number of carboxylic acids is 1. The smallest absolute Gasteiger partial charge is 0.331 e. The van der Waals surface area contributed by atoms with Crippen molar-refractivity contribution in [1.82, 2.24) is 14.9 Å². The summed E-state index contributed by atoms with van der Waals surface area (Å²) in [5.74, 6) is -2.88. The molecule has 136 valence electrons. The van der Waals surface area contributed by atoms with Crippen LogP contribution in [0.4, 0.5) is 8.78 Å². The number of nitrogens with zero attached hydrogens (tertiary/aromatic N) is 3. The van der Waals surface area contributed by atoms with Crippen molar-refractivity contribution in [2.24, 2.45) is 0 Å². The van der Waals surface area contributed by atoms with Gasteiger partial charge < -0.3 is 10.0 Å². The number of amides is 1. The first-order valence-electron chi connectivity index (χ1n) is 8.08. The summed E-state index contributed by atoms with van der Waals surface area (Å²) in [6.45, 7) is 1.63. The first-order valence-corrected chi connectivity index (χ1v) is 8.08. The van der Waals surface area contributed by atoms with Gasteiger partial charge in [-0.15, -0.1) is 0 Å². The first kappa shape index (κ1) is 17.9. The van der Waals surface area contributed by atoms with Gasteiger partial charge in [-0.05, 0) is 38.0 Å². The number of likely N-dealkylation sites (N-methyl/N-ethyl adjacent to an activating group) is 1. The van der Waals surface area contributed by atoms with Crippen LogP contribution in [-0.2, 0) is 4.79 Å². The largest absolute Gasteiger partial charge is 0.479 e. The highest BCUT2D eigenvalue weighted by Gasteiger charge is 2.33. The lowest BCUT2D eigenvalue weighted by atomic mass is 10.0. The Kier molecular flexibility index (Phi) is 4.67. The maximum atomic E-state index is 14.0. The molecule has 0 aliphatic heterocycles. The molecule has 0 saturated heterocycles. The van der Waals surface area contributed by atoms with Gasteiger partial charge in [0, 0.05) is 24.7 Å². The number of halogens is 2. The fourth-order valence-electron chi connectivity index (χ4n) is 2.77. The Labute approximate surface area is 148 Å². The van der Waals surface area contributed by atoms with Gasteiger partial charge in [-0.25, -0.2) is 23.5 Å². The van der Waals surface area contributed by atoms with E-state index in [2.05, 4.69) is 9.97 Å². The van der Waals surface area contributed by atoms with E-state index in [1.54, 1.807) is 6.92 Å². The lowest BCUT2D eigenvalue weighted by Crippen LogP contribution is -2.37. The highest BCUT2D eigenvalue weighted by Crippen LogP contribution is 2.38. The van der Waals surface area contributed by atoms with E-state index in [9.17, 15) is 23.5 Å². The third-order valence-corrected chi connectivity index (χ3v) is 4.37. The Hall–Kier alpha value is -2.90. The van der Waals surface area contributed by atoms with E-state index in [1.165, 1.54) is 13.2 Å². The summed E-state index contributed by atoms with van der Waals surface area (Å²) >= 11 is 0. The van der Waals surface area contributed by atoms with E-state index < -0.39 is 35.1 Å². The zero-order chi connectivity index (χ0) is 19.0. The van der Waals surface area contributed by atoms with Gasteiger partial charge in [-0.3, -0.25) is 4.79 Å². The molecule has 1 aromatic carbocycles. The summed E-state index contributed by atoms with van der Waals surface area (Å²) in [5.41, 5.74) is 0.115. The van der Waals surface area contributed by atoms with Gasteiger partial charge in [0.1, 0.15) is 17.5 Å². The molecule has 1 aliphatic carbocycles. The molecule has 0 bridgehead atoms. The maximum Gasteiger partial charge on any atom is 0.331 e. The van der Waals surface area contributed by atoms with Crippen LogP contribution in [-0.4, -0.2) is 38.9 Å². The van der Waals surface area contributed by atoms with Crippen molar-refractivity contribution >= 4 is 11.9 Å². The predicted octanol–water partition coefficient (Wildman–Crippen LogP) is 2.84. The van der Waals surface area contributed by atoms with E-state index in [1.807, 2.05) is 0 Å². The second-order valence-electron chi connectivity index (χ2n) is 6.32. The molecule has 6 nitrogen and oxygen atoms in total. The Morgan fingerprint density at radius 1 is 1.31 bits per heavy atom. The monoisotopic (exact) mass is 361 g/mol. The van der Waals surface area contributed by atoms with Crippen molar-refractivity contribution in [2.45, 2.75) is 31.7 Å². The second-order valence-corrected chi connectivity index (χ2v) is 6.32. The van der Waals surface area contributed by atoms with Crippen LogP contribution in [0.1, 0.15) is 52.2 Å². The number of carboxylic acid groups (broad SMARTS) is 1. The molecular formula is C18H17F2N3O3. The number of benzene rings is 1. The van der Waals surface area contributed by atoms with E-state index in [4.69, 9.17) is 0 Å². The zero-order valence-corrected chi connectivity index (χ0v) is 14.2. The minimum absolute atomic E-state index is 0.125. The van der Waals surface area contributed by atoms with Crippen molar-refractivity contribution < 1.29 is 23.5 Å². The van der Waals surface area contributed by atoms with Gasteiger partial charge in [-0.2, -0.15) is 0 Å². The van der Waals surface area contributed by atoms with Crippen LogP contribution in [0.5, 0.6) is 0 Å².